The molecule has 0 heterocycles. The van der Waals surface area contributed by atoms with E-state index in [0.717, 1.165) is 11.3 Å². The van der Waals surface area contributed by atoms with Crippen molar-refractivity contribution in [3.63, 3.8) is 0 Å². The Balaban J connectivity index is 0.00000162. The first kappa shape index (κ1) is 17.8. The highest BCUT2D eigenvalue weighted by Crippen LogP contribution is 2.40. The minimum atomic E-state index is 0. The molecular formula is C16H29NO2. The number of phenolic OH excluding ortho intramolecular Hbond substituents is 1. The van der Waals surface area contributed by atoms with E-state index in [9.17, 15) is 5.11 Å². The highest BCUT2D eigenvalue weighted by Gasteiger charge is 2.21. The number of ether oxygens (including phenoxy) is 1. The van der Waals surface area contributed by atoms with E-state index in [2.05, 4.69) is 0 Å². The molecule has 1 aromatic carbocycles. The fraction of sp³-hybridized carbons (Fsp3) is 0.625. The molecule has 1 aliphatic carbocycles. The quantitative estimate of drug-likeness (QED) is 0.814. The van der Waals surface area contributed by atoms with Gasteiger partial charge in [0.05, 0.1) is 6.61 Å². The molecule has 4 N–H and O–H groups in total. The maximum Gasteiger partial charge on any atom is 0.125 e. The lowest BCUT2D eigenvalue weighted by atomic mass is 9.83. The van der Waals surface area contributed by atoms with E-state index < -0.39 is 0 Å². The molecule has 3 heteroatoms. The number of phenols is 1. The van der Waals surface area contributed by atoms with Crippen LogP contribution in [0.15, 0.2) is 12.1 Å². The van der Waals surface area contributed by atoms with Gasteiger partial charge in [0.25, 0.3) is 0 Å². The Kier molecular flexibility index (Phi) is 7.53. The first-order valence-corrected chi connectivity index (χ1v) is 6.68. The number of hydrogen-bond acceptors (Lipinski definition) is 3. The summed E-state index contributed by atoms with van der Waals surface area (Å²) in [5.74, 6) is 1.93. The third-order valence-electron chi connectivity index (χ3n) is 3.62. The molecule has 110 valence electrons. The fourth-order valence-electron chi connectivity index (χ4n) is 2.84. The first-order chi connectivity index (χ1) is 8.22. The van der Waals surface area contributed by atoms with E-state index in [4.69, 9.17) is 4.74 Å². The van der Waals surface area contributed by atoms with Crippen molar-refractivity contribution in [2.24, 2.45) is 0 Å². The summed E-state index contributed by atoms with van der Waals surface area (Å²) in [5, 5.41) is 9.76. The molecule has 0 spiro atoms. The zero-order valence-corrected chi connectivity index (χ0v) is 11.5. The summed E-state index contributed by atoms with van der Waals surface area (Å²) in [6.07, 6.45) is 6.39. The maximum absolute atomic E-state index is 9.76. The van der Waals surface area contributed by atoms with Crippen molar-refractivity contribution < 1.29 is 9.84 Å². The van der Waals surface area contributed by atoms with E-state index in [1.165, 1.54) is 37.7 Å². The molecule has 1 fully saturated rings. The highest BCUT2D eigenvalue weighted by atomic mass is 16.5. The number of aryl methyl sites for hydroxylation is 1. The number of hydrogen-bond donors (Lipinski definition) is 2. The molecule has 0 saturated heterocycles. The Labute approximate surface area is 117 Å². The van der Waals surface area contributed by atoms with Gasteiger partial charge < -0.3 is 16.0 Å². The third kappa shape index (κ3) is 4.13. The minimum Gasteiger partial charge on any atom is -0.508 e. The average molecular weight is 267 g/mol. The largest absolute Gasteiger partial charge is 0.508 e. The van der Waals surface area contributed by atoms with Crippen molar-refractivity contribution in [2.45, 2.75) is 59.3 Å². The van der Waals surface area contributed by atoms with E-state index in [-0.39, 0.29) is 13.6 Å². The van der Waals surface area contributed by atoms with Gasteiger partial charge in [-0.25, -0.2) is 0 Å². The summed E-state index contributed by atoms with van der Waals surface area (Å²) in [6.45, 7) is 4.71. The average Bonchev–Trinajstić information content (AvgIpc) is 2.33. The first-order valence-electron chi connectivity index (χ1n) is 6.68. The molecule has 3 nitrogen and oxygen atoms in total. The van der Waals surface area contributed by atoms with E-state index in [0.29, 0.717) is 18.3 Å². The Hall–Kier alpha value is -1.22. The summed E-state index contributed by atoms with van der Waals surface area (Å²) in [4.78, 5) is 0. The monoisotopic (exact) mass is 267 g/mol. The van der Waals surface area contributed by atoms with E-state index in [1.54, 1.807) is 6.07 Å². The molecule has 2 rings (SSSR count). The molecule has 0 unspecified atom stereocenters. The van der Waals surface area contributed by atoms with Gasteiger partial charge in [0.1, 0.15) is 11.5 Å². The van der Waals surface area contributed by atoms with Gasteiger partial charge in [0.2, 0.25) is 0 Å². The predicted octanol–water partition coefficient (Wildman–Crippen LogP) is 4.95. The van der Waals surface area contributed by atoms with Crippen LogP contribution in [-0.2, 0) is 0 Å². The maximum atomic E-state index is 9.76. The molecule has 0 aliphatic heterocycles. The molecule has 0 atom stereocenters. The molecule has 0 aromatic heterocycles. The van der Waals surface area contributed by atoms with Crippen molar-refractivity contribution in [1.29, 1.82) is 0 Å². The van der Waals surface area contributed by atoms with Gasteiger partial charge in [-0.2, -0.15) is 0 Å². The fourth-order valence-corrected chi connectivity index (χ4v) is 2.84. The number of aromatic hydroxyl groups is 1. The van der Waals surface area contributed by atoms with Crippen LogP contribution in [0.1, 0.15) is 63.5 Å². The summed E-state index contributed by atoms with van der Waals surface area (Å²) < 4.78 is 5.76. The van der Waals surface area contributed by atoms with Gasteiger partial charge in [0.15, 0.2) is 0 Å². The van der Waals surface area contributed by atoms with Crippen molar-refractivity contribution in [3.05, 3.63) is 23.3 Å². The summed E-state index contributed by atoms with van der Waals surface area (Å²) in [6, 6.07) is 3.69. The Morgan fingerprint density at radius 2 is 1.84 bits per heavy atom. The van der Waals surface area contributed by atoms with Crippen LogP contribution in [0.3, 0.4) is 0 Å². The van der Waals surface area contributed by atoms with Crippen LogP contribution in [-0.4, -0.2) is 11.7 Å². The Morgan fingerprint density at radius 1 is 1.21 bits per heavy atom. The molecule has 1 aromatic rings. The smallest absolute Gasteiger partial charge is 0.125 e. The third-order valence-corrected chi connectivity index (χ3v) is 3.62. The van der Waals surface area contributed by atoms with Crippen molar-refractivity contribution in [3.8, 4) is 11.5 Å². The van der Waals surface area contributed by atoms with Crippen LogP contribution in [0.4, 0.5) is 0 Å². The molecule has 0 amide bonds. The second-order valence-electron chi connectivity index (χ2n) is 4.95. The minimum absolute atomic E-state index is 0. The van der Waals surface area contributed by atoms with Crippen LogP contribution in [0.25, 0.3) is 0 Å². The van der Waals surface area contributed by atoms with E-state index in [1.807, 2.05) is 19.9 Å². The second-order valence-corrected chi connectivity index (χ2v) is 4.95. The molecule has 19 heavy (non-hydrogen) atoms. The zero-order valence-electron chi connectivity index (χ0n) is 11.5. The summed E-state index contributed by atoms with van der Waals surface area (Å²) >= 11 is 0. The van der Waals surface area contributed by atoms with Crippen LogP contribution in [0, 0.1) is 6.92 Å². The summed E-state index contributed by atoms with van der Waals surface area (Å²) in [7, 11) is 0. The Morgan fingerprint density at radius 3 is 2.42 bits per heavy atom. The second kappa shape index (κ2) is 8.05. The number of rotatable bonds is 3. The zero-order chi connectivity index (χ0) is 12.3. The molecule has 1 aliphatic rings. The number of benzene rings is 1. The van der Waals surface area contributed by atoms with Crippen LogP contribution in [0.2, 0.25) is 0 Å². The van der Waals surface area contributed by atoms with Crippen LogP contribution >= 0.6 is 0 Å². The predicted molar refractivity (Wildman–Crippen MR) is 81.6 cm³/mol. The van der Waals surface area contributed by atoms with Gasteiger partial charge >= 0.3 is 0 Å². The molecule has 0 bridgehead atoms. The van der Waals surface area contributed by atoms with Gasteiger partial charge in [-0.1, -0.05) is 26.7 Å². The lowest BCUT2D eigenvalue weighted by Crippen LogP contribution is -2.08. The van der Waals surface area contributed by atoms with Gasteiger partial charge in [-0.05, 0) is 50.3 Å². The van der Waals surface area contributed by atoms with Crippen molar-refractivity contribution in [1.82, 2.24) is 6.15 Å². The highest BCUT2D eigenvalue weighted by molar-refractivity contribution is 5.48. The molecule has 1 saturated carbocycles. The normalized spacial score (nSPS) is 15.3. The van der Waals surface area contributed by atoms with Gasteiger partial charge in [0, 0.05) is 5.56 Å². The SMILES string of the molecule is C.CCOc1c(C)cc(O)cc1C1CCCCC1.N. The van der Waals surface area contributed by atoms with Gasteiger partial charge in [-0.15, -0.1) is 0 Å². The Bertz CT molecular complexity index is 385. The topological polar surface area (TPSA) is 64.5 Å². The summed E-state index contributed by atoms with van der Waals surface area (Å²) in [5.41, 5.74) is 2.26. The van der Waals surface area contributed by atoms with Crippen molar-refractivity contribution >= 4 is 0 Å². The lowest BCUT2D eigenvalue weighted by molar-refractivity contribution is 0.324. The van der Waals surface area contributed by atoms with Gasteiger partial charge in [-0.3, -0.25) is 0 Å². The van der Waals surface area contributed by atoms with Crippen molar-refractivity contribution in [2.75, 3.05) is 6.61 Å². The molecule has 0 radical (unpaired) electrons. The molecular weight excluding hydrogens is 238 g/mol. The van der Waals surface area contributed by atoms with E-state index >= 15 is 0 Å². The van der Waals surface area contributed by atoms with Crippen LogP contribution in [0.5, 0.6) is 11.5 Å². The standard InChI is InChI=1S/C15H22O2.CH4.H3N/c1-3-17-15-11(2)9-13(16)10-14(15)12-7-5-4-6-8-12;;/h9-10,12,16H,3-8H2,1-2H3;1H4;1H3. The van der Waals surface area contributed by atoms with Crippen LogP contribution < -0.4 is 10.9 Å². The lowest BCUT2D eigenvalue weighted by Gasteiger charge is -2.25.